The Balaban J connectivity index is 1.21. The van der Waals surface area contributed by atoms with Gasteiger partial charge in [0.25, 0.3) is 6.71 Å². The fourth-order valence-electron chi connectivity index (χ4n) is 13.8. The second-order valence-electron chi connectivity index (χ2n) is 19.2. The standard InChI is InChI=1S/C52H48BN3Si/c1-49-25-13-14-26-51(49,3)56-45-29-33(55-43-23-12-10-20-38(43)50(2)27-24-32-16-7-9-19-37(32)52(50,55)4)28-44-46(45)53(41-31-34(57(5)6)30-39(49)48(41)56)40-21-15-18-36-35-17-8-11-22-42(35)54(44)47(36)40/h7-12,15-23,28-31H,5,13-14,24-27H2,1-4,6H3. The maximum absolute atomic E-state index is 4.73. The van der Waals surface area contributed by atoms with Crippen LogP contribution in [0.1, 0.15) is 82.1 Å². The van der Waals surface area contributed by atoms with Crippen LogP contribution in [0.15, 0.2) is 115 Å². The first-order chi connectivity index (χ1) is 27.6. The third kappa shape index (κ3) is 3.56. The van der Waals surface area contributed by atoms with Gasteiger partial charge in [0.1, 0.15) is 0 Å². The van der Waals surface area contributed by atoms with Gasteiger partial charge in [0, 0.05) is 64.0 Å². The molecule has 278 valence electrons. The van der Waals surface area contributed by atoms with Crippen molar-refractivity contribution in [3.8, 4) is 5.69 Å². The van der Waals surface area contributed by atoms with Crippen molar-refractivity contribution >= 4 is 87.4 Å². The Labute approximate surface area is 338 Å². The van der Waals surface area contributed by atoms with Gasteiger partial charge in [-0.3, -0.25) is 0 Å². The SMILES string of the molecule is C=[Si](C)c1cc2c3c(c1)C1(C)CCCCC1(C)N3c1cc(N3c4ccccc4C4(C)CCc5ccccc5C34C)cc3c1B2c1cccc2c4ccccc4n-3c12. The molecule has 6 aliphatic rings. The molecule has 2 aliphatic carbocycles. The van der Waals surface area contributed by atoms with Crippen LogP contribution in [0.5, 0.6) is 0 Å². The first-order valence-electron chi connectivity index (χ1n) is 21.4. The van der Waals surface area contributed by atoms with E-state index in [2.05, 4.69) is 164 Å². The molecule has 1 aromatic heterocycles. The second kappa shape index (κ2) is 10.5. The Morgan fingerprint density at radius 1 is 0.632 bits per heavy atom. The van der Waals surface area contributed by atoms with Crippen molar-refractivity contribution in [3.63, 3.8) is 0 Å². The summed E-state index contributed by atoms with van der Waals surface area (Å²) in [5.41, 5.74) is 19.7. The van der Waals surface area contributed by atoms with Crippen LogP contribution >= 0.6 is 0 Å². The molecule has 0 saturated heterocycles. The zero-order valence-electron chi connectivity index (χ0n) is 33.8. The number of nitrogens with zero attached hydrogens (tertiary/aromatic N) is 3. The average molecular weight is 754 g/mol. The Bertz CT molecular complexity index is 3010. The summed E-state index contributed by atoms with van der Waals surface area (Å²) in [6.07, 6.45) is 11.9. The van der Waals surface area contributed by atoms with Crippen molar-refractivity contribution in [2.75, 3.05) is 9.80 Å². The van der Waals surface area contributed by atoms with Crippen LogP contribution in [0, 0.1) is 0 Å². The number of hydrogen-bond donors (Lipinski definition) is 0. The van der Waals surface area contributed by atoms with Crippen molar-refractivity contribution in [2.45, 2.75) is 94.7 Å². The highest BCUT2D eigenvalue weighted by Crippen LogP contribution is 2.65. The van der Waals surface area contributed by atoms with Crippen LogP contribution in [-0.4, -0.2) is 31.4 Å². The molecule has 6 aromatic carbocycles. The Kier molecular flexibility index (Phi) is 6.05. The minimum atomic E-state index is -0.947. The summed E-state index contributed by atoms with van der Waals surface area (Å²) in [5, 5.41) is 4.16. The van der Waals surface area contributed by atoms with E-state index in [1.807, 2.05) is 0 Å². The van der Waals surface area contributed by atoms with Crippen LogP contribution in [0.25, 0.3) is 27.5 Å². The first kappa shape index (κ1) is 32.9. The second-order valence-corrected chi connectivity index (χ2v) is 21.4. The van der Waals surface area contributed by atoms with Gasteiger partial charge in [-0.25, -0.2) is 0 Å². The number of para-hydroxylation sites is 3. The molecular formula is C52H48BN3Si. The van der Waals surface area contributed by atoms with E-state index < -0.39 is 8.41 Å². The molecule has 0 amide bonds. The lowest BCUT2D eigenvalue weighted by Crippen LogP contribution is -2.64. The minimum absolute atomic E-state index is 0.0418. The van der Waals surface area contributed by atoms with Gasteiger partial charge in [-0.2, -0.15) is 0 Å². The maximum Gasteiger partial charge on any atom is 0.252 e. The van der Waals surface area contributed by atoms with E-state index in [0.29, 0.717) is 0 Å². The molecule has 3 nitrogen and oxygen atoms in total. The lowest BCUT2D eigenvalue weighted by Gasteiger charge is -2.53. The van der Waals surface area contributed by atoms with E-state index in [1.54, 1.807) is 5.56 Å². The minimum Gasteiger partial charge on any atom is -0.335 e. The number of fused-ring (bicyclic) bond motifs is 15. The third-order valence-electron chi connectivity index (χ3n) is 16.9. The topological polar surface area (TPSA) is 11.4 Å². The summed E-state index contributed by atoms with van der Waals surface area (Å²) < 4.78 is 2.67. The van der Waals surface area contributed by atoms with Gasteiger partial charge in [0.2, 0.25) is 0 Å². The molecule has 0 bridgehead atoms. The average Bonchev–Trinajstić information content (AvgIpc) is 3.75. The van der Waals surface area contributed by atoms with Gasteiger partial charge in [0.15, 0.2) is 0 Å². The Morgan fingerprint density at radius 2 is 1.37 bits per heavy atom. The summed E-state index contributed by atoms with van der Waals surface area (Å²) in [7, 11) is -0.947. The first-order valence-corrected chi connectivity index (χ1v) is 23.6. The molecule has 5 heteroatoms. The van der Waals surface area contributed by atoms with Crippen molar-refractivity contribution in [3.05, 3.63) is 138 Å². The quantitative estimate of drug-likeness (QED) is 0.163. The monoisotopic (exact) mass is 753 g/mol. The summed E-state index contributed by atoms with van der Waals surface area (Å²) in [6, 6.07) is 45.5. The number of anilines is 4. The summed E-state index contributed by atoms with van der Waals surface area (Å²) in [5.74, 6) is 0. The molecule has 0 N–H and O–H groups in total. The van der Waals surface area contributed by atoms with Gasteiger partial charge in [-0.1, -0.05) is 124 Å². The molecule has 4 aliphatic heterocycles. The fourth-order valence-corrected chi connectivity index (χ4v) is 14.6. The van der Waals surface area contributed by atoms with E-state index in [0.717, 1.165) is 12.8 Å². The third-order valence-corrected chi connectivity index (χ3v) is 18.2. The summed E-state index contributed by atoms with van der Waals surface area (Å²) >= 11 is 0. The number of rotatable bonds is 2. The largest absolute Gasteiger partial charge is 0.335 e. The summed E-state index contributed by atoms with van der Waals surface area (Å²) in [4.78, 5) is 5.71. The lowest BCUT2D eigenvalue weighted by molar-refractivity contribution is 0.195. The van der Waals surface area contributed by atoms with Crippen LogP contribution in [0.3, 0.4) is 0 Å². The molecule has 4 atom stereocenters. The highest BCUT2D eigenvalue weighted by atomic mass is 28.2. The van der Waals surface area contributed by atoms with Crippen molar-refractivity contribution in [1.82, 2.24) is 4.57 Å². The predicted octanol–water partition coefficient (Wildman–Crippen LogP) is 9.29. The van der Waals surface area contributed by atoms with E-state index in [9.17, 15) is 0 Å². The zero-order chi connectivity index (χ0) is 38.4. The van der Waals surface area contributed by atoms with Crippen molar-refractivity contribution in [2.24, 2.45) is 0 Å². The van der Waals surface area contributed by atoms with Gasteiger partial charge < -0.3 is 14.4 Å². The predicted molar refractivity (Wildman–Crippen MR) is 245 cm³/mol. The highest BCUT2D eigenvalue weighted by Gasteiger charge is 2.63. The number of hydrogen-bond acceptors (Lipinski definition) is 2. The molecule has 0 radical (unpaired) electrons. The van der Waals surface area contributed by atoms with Gasteiger partial charge in [-0.05, 0) is 108 Å². The molecule has 13 rings (SSSR count). The number of benzene rings is 6. The van der Waals surface area contributed by atoms with Crippen LogP contribution < -0.4 is 31.4 Å². The molecule has 1 fully saturated rings. The summed E-state index contributed by atoms with van der Waals surface area (Å²) in [6.45, 7) is 12.9. The Hall–Kier alpha value is -5.13. The van der Waals surface area contributed by atoms with Gasteiger partial charge >= 0.3 is 0 Å². The highest BCUT2D eigenvalue weighted by molar-refractivity contribution is 7.00. The molecule has 1 saturated carbocycles. The van der Waals surface area contributed by atoms with E-state index >= 15 is 0 Å². The van der Waals surface area contributed by atoms with E-state index in [1.165, 1.54) is 114 Å². The van der Waals surface area contributed by atoms with Crippen molar-refractivity contribution < 1.29 is 0 Å². The molecule has 57 heavy (non-hydrogen) atoms. The van der Waals surface area contributed by atoms with E-state index in [4.69, 9.17) is 6.17 Å². The number of aryl methyl sites for hydroxylation is 1. The lowest BCUT2D eigenvalue weighted by atomic mass is 9.33. The molecule has 7 aromatic rings. The van der Waals surface area contributed by atoms with Gasteiger partial charge in [0.05, 0.1) is 16.6 Å². The molecular weight excluding hydrogens is 705 g/mol. The smallest absolute Gasteiger partial charge is 0.252 e. The fraction of sp³-hybridized carbons (Fsp3) is 0.288. The Morgan fingerprint density at radius 3 is 2.23 bits per heavy atom. The number of aromatic nitrogens is 1. The molecule has 4 unspecified atom stereocenters. The van der Waals surface area contributed by atoms with E-state index in [-0.39, 0.29) is 28.6 Å². The zero-order valence-corrected chi connectivity index (χ0v) is 34.8. The molecule has 5 heterocycles. The molecule has 0 spiro atoms. The van der Waals surface area contributed by atoms with Crippen molar-refractivity contribution in [1.29, 1.82) is 0 Å². The van der Waals surface area contributed by atoms with Crippen LogP contribution in [0.4, 0.5) is 22.7 Å². The van der Waals surface area contributed by atoms with Crippen LogP contribution in [0.2, 0.25) is 6.55 Å². The maximum atomic E-state index is 4.73. The van der Waals surface area contributed by atoms with Crippen LogP contribution in [-0.2, 0) is 22.8 Å². The normalized spacial score (nSPS) is 26.9. The van der Waals surface area contributed by atoms with Gasteiger partial charge in [-0.15, -0.1) is 6.17 Å².